The third-order valence-electron chi connectivity index (χ3n) is 6.11. The first kappa shape index (κ1) is 22.8. The number of nitrogens with zero attached hydrogens (tertiary/aromatic N) is 2. The maximum atomic E-state index is 9.85. The van der Waals surface area contributed by atoms with Crippen LogP contribution in [0.2, 0.25) is 0 Å². The molecule has 2 aromatic carbocycles. The zero-order valence-corrected chi connectivity index (χ0v) is 21.1. The SMILES string of the molecule is CC(C)(C)[C@H]1CCc2c(sc(N=Cc3cc(Br)ccc3OCc3ccccc3)c2C#N)C1. The lowest BCUT2D eigenvalue weighted by atomic mass is 9.72. The average Bonchev–Trinajstić information content (AvgIpc) is 3.13. The van der Waals surface area contributed by atoms with Crippen LogP contribution in [0.15, 0.2) is 58.0 Å². The minimum atomic E-state index is 0.277. The third kappa shape index (κ3) is 5.14. The molecule has 0 unspecified atom stereocenters. The zero-order valence-electron chi connectivity index (χ0n) is 18.7. The standard InChI is InChI=1S/C27H27BrN2OS/c1-27(2,3)20-9-11-22-23(15-29)26(32-25(22)14-20)30-16-19-13-21(28)10-12-24(19)31-17-18-7-5-4-6-8-18/h4-8,10,12-13,16,20H,9,11,14,17H2,1-3H3/t20-/m0/s1. The van der Waals surface area contributed by atoms with E-state index in [4.69, 9.17) is 9.73 Å². The van der Waals surface area contributed by atoms with Gasteiger partial charge in [0, 0.05) is 21.1 Å². The van der Waals surface area contributed by atoms with E-state index >= 15 is 0 Å². The molecule has 1 aromatic heterocycles. The van der Waals surface area contributed by atoms with Gasteiger partial charge in [-0.2, -0.15) is 5.26 Å². The van der Waals surface area contributed by atoms with Crippen LogP contribution in [0.4, 0.5) is 5.00 Å². The van der Waals surface area contributed by atoms with Crippen LogP contribution in [0, 0.1) is 22.7 Å². The van der Waals surface area contributed by atoms with Gasteiger partial charge >= 0.3 is 0 Å². The number of rotatable bonds is 5. The van der Waals surface area contributed by atoms with Crippen molar-refractivity contribution in [1.29, 1.82) is 5.26 Å². The van der Waals surface area contributed by atoms with Crippen LogP contribution in [-0.2, 0) is 19.4 Å². The molecule has 0 fully saturated rings. The van der Waals surface area contributed by atoms with E-state index in [0.717, 1.165) is 51.2 Å². The highest BCUT2D eigenvalue weighted by Gasteiger charge is 2.32. The monoisotopic (exact) mass is 506 g/mol. The highest BCUT2D eigenvalue weighted by molar-refractivity contribution is 9.10. The molecule has 1 aliphatic carbocycles. The highest BCUT2D eigenvalue weighted by atomic mass is 79.9. The van der Waals surface area contributed by atoms with Gasteiger partial charge in [-0.25, -0.2) is 4.99 Å². The van der Waals surface area contributed by atoms with Crippen LogP contribution < -0.4 is 4.74 Å². The Morgan fingerprint density at radius 1 is 1.22 bits per heavy atom. The Kier molecular flexibility index (Phi) is 6.83. The number of nitriles is 1. The Morgan fingerprint density at radius 2 is 2.00 bits per heavy atom. The molecule has 3 nitrogen and oxygen atoms in total. The van der Waals surface area contributed by atoms with Crippen molar-refractivity contribution in [1.82, 2.24) is 0 Å². The summed E-state index contributed by atoms with van der Waals surface area (Å²) in [5.41, 5.74) is 4.23. The second-order valence-electron chi connectivity index (χ2n) is 9.32. The molecule has 0 bridgehead atoms. The molecule has 0 spiro atoms. The van der Waals surface area contributed by atoms with Crippen molar-refractivity contribution in [2.45, 2.75) is 46.6 Å². The number of benzene rings is 2. The summed E-state index contributed by atoms with van der Waals surface area (Å²) in [5.74, 6) is 1.41. The molecule has 4 rings (SSSR count). The van der Waals surface area contributed by atoms with Gasteiger partial charge in [0.05, 0.1) is 5.56 Å². The van der Waals surface area contributed by atoms with E-state index in [1.54, 1.807) is 11.3 Å². The predicted octanol–water partition coefficient (Wildman–Crippen LogP) is 7.86. The molecular formula is C27H27BrN2OS. The van der Waals surface area contributed by atoms with Crippen molar-refractivity contribution >= 4 is 38.5 Å². The molecule has 164 valence electrons. The number of fused-ring (bicyclic) bond motifs is 1. The van der Waals surface area contributed by atoms with Crippen molar-refractivity contribution < 1.29 is 4.74 Å². The maximum absolute atomic E-state index is 9.85. The Hall–Kier alpha value is -2.42. The average molecular weight is 507 g/mol. The smallest absolute Gasteiger partial charge is 0.134 e. The van der Waals surface area contributed by atoms with Crippen LogP contribution in [0.3, 0.4) is 0 Å². The molecule has 0 saturated heterocycles. The van der Waals surface area contributed by atoms with E-state index in [2.05, 4.69) is 42.8 Å². The van der Waals surface area contributed by atoms with Gasteiger partial charge in [-0.1, -0.05) is 67.0 Å². The molecule has 3 aromatic rings. The largest absolute Gasteiger partial charge is 0.488 e. The minimum Gasteiger partial charge on any atom is -0.488 e. The van der Waals surface area contributed by atoms with Gasteiger partial charge in [0.25, 0.3) is 0 Å². The summed E-state index contributed by atoms with van der Waals surface area (Å²) in [5, 5.41) is 10.7. The summed E-state index contributed by atoms with van der Waals surface area (Å²) < 4.78 is 7.05. The number of ether oxygens (including phenoxy) is 1. The molecule has 1 aliphatic rings. The van der Waals surface area contributed by atoms with E-state index in [-0.39, 0.29) is 5.41 Å². The molecule has 0 saturated carbocycles. The Labute approximate surface area is 202 Å². The van der Waals surface area contributed by atoms with E-state index in [9.17, 15) is 5.26 Å². The van der Waals surface area contributed by atoms with E-state index in [1.807, 2.05) is 54.7 Å². The third-order valence-corrected chi connectivity index (χ3v) is 7.77. The quantitative estimate of drug-likeness (QED) is 0.330. The lowest BCUT2D eigenvalue weighted by Crippen LogP contribution is -2.26. The highest BCUT2D eigenvalue weighted by Crippen LogP contribution is 2.45. The normalized spacial score (nSPS) is 16.0. The number of thiophene rings is 1. The fraction of sp³-hybridized carbons (Fsp3) is 0.333. The zero-order chi connectivity index (χ0) is 22.7. The van der Waals surface area contributed by atoms with E-state index in [0.29, 0.717) is 12.5 Å². The van der Waals surface area contributed by atoms with Crippen molar-refractivity contribution in [3.63, 3.8) is 0 Å². The summed E-state index contributed by atoms with van der Waals surface area (Å²) in [4.78, 5) is 6.09. The van der Waals surface area contributed by atoms with Crippen LogP contribution in [-0.4, -0.2) is 6.21 Å². The van der Waals surface area contributed by atoms with Gasteiger partial charge in [0.2, 0.25) is 0 Å². The second-order valence-corrected chi connectivity index (χ2v) is 11.3. The lowest BCUT2D eigenvalue weighted by molar-refractivity contribution is 0.218. The second kappa shape index (κ2) is 9.60. The number of hydrogen-bond donors (Lipinski definition) is 0. The van der Waals surface area contributed by atoms with Gasteiger partial charge in [-0.05, 0) is 59.9 Å². The molecule has 0 radical (unpaired) electrons. The first-order chi connectivity index (χ1) is 15.3. The fourth-order valence-corrected chi connectivity index (χ4v) is 5.73. The van der Waals surface area contributed by atoms with Crippen LogP contribution in [0.25, 0.3) is 0 Å². The first-order valence-corrected chi connectivity index (χ1v) is 12.5. The molecule has 0 aliphatic heterocycles. The van der Waals surface area contributed by atoms with Gasteiger partial charge in [-0.15, -0.1) is 11.3 Å². The van der Waals surface area contributed by atoms with Crippen LogP contribution in [0.5, 0.6) is 5.75 Å². The van der Waals surface area contributed by atoms with Gasteiger partial charge in [0.1, 0.15) is 23.4 Å². The Bertz CT molecular complexity index is 1170. The Balaban J connectivity index is 1.59. The molecule has 0 N–H and O–H groups in total. The minimum absolute atomic E-state index is 0.277. The molecule has 1 heterocycles. The van der Waals surface area contributed by atoms with Crippen LogP contribution >= 0.6 is 27.3 Å². The van der Waals surface area contributed by atoms with Crippen LogP contribution in [0.1, 0.15) is 54.3 Å². The summed E-state index contributed by atoms with van der Waals surface area (Å²) in [6, 6.07) is 18.5. The summed E-state index contributed by atoms with van der Waals surface area (Å²) in [7, 11) is 0. The predicted molar refractivity (Wildman–Crippen MR) is 136 cm³/mol. The van der Waals surface area contributed by atoms with Crippen molar-refractivity contribution in [2.24, 2.45) is 16.3 Å². The van der Waals surface area contributed by atoms with Crippen molar-refractivity contribution in [2.75, 3.05) is 0 Å². The first-order valence-electron chi connectivity index (χ1n) is 10.9. The maximum Gasteiger partial charge on any atom is 0.134 e. The molecule has 32 heavy (non-hydrogen) atoms. The van der Waals surface area contributed by atoms with Gasteiger partial charge < -0.3 is 4.74 Å². The van der Waals surface area contributed by atoms with Crippen molar-refractivity contribution in [3.05, 3.63) is 80.1 Å². The molecule has 0 amide bonds. The Morgan fingerprint density at radius 3 is 2.72 bits per heavy atom. The summed E-state index contributed by atoms with van der Waals surface area (Å²) in [6.07, 6.45) is 4.96. The lowest BCUT2D eigenvalue weighted by Gasteiger charge is -2.33. The molecule has 1 atom stereocenters. The molecule has 5 heteroatoms. The van der Waals surface area contributed by atoms with E-state index < -0.39 is 0 Å². The number of aliphatic imine (C=N–C) groups is 1. The number of halogens is 1. The van der Waals surface area contributed by atoms with Gasteiger partial charge in [0.15, 0.2) is 0 Å². The fourth-order valence-electron chi connectivity index (χ4n) is 4.13. The number of hydrogen-bond acceptors (Lipinski definition) is 4. The van der Waals surface area contributed by atoms with Gasteiger partial charge in [-0.3, -0.25) is 0 Å². The van der Waals surface area contributed by atoms with Crippen molar-refractivity contribution in [3.8, 4) is 11.8 Å². The topological polar surface area (TPSA) is 45.4 Å². The summed E-state index contributed by atoms with van der Waals surface area (Å²) >= 11 is 5.22. The molecular weight excluding hydrogens is 480 g/mol. The van der Waals surface area contributed by atoms with E-state index in [1.165, 1.54) is 10.4 Å². The summed E-state index contributed by atoms with van der Waals surface area (Å²) in [6.45, 7) is 7.43.